The molecule has 0 spiro atoms. The van der Waals surface area contributed by atoms with Gasteiger partial charge < -0.3 is 9.30 Å². The quantitative estimate of drug-likeness (QED) is 0.718. The minimum atomic E-state index is 0.716. The third-order valence-corrected chi connectivity index (χ3v) is 3.55. The molecule has 0 aliphatic rings. The molecule has 0 unspecified atom stereocenters. The lowest BCUT2D eigenvalue weighted by Gasteiger charge is -2.08. The van der Waals surface area contributed by atoms with Crippen molar-refractivity contribution in [3.63, 3.8) is 0 Å². The Morgan fingerprint density at radius 1 is 1.22 bits per heavy atom. The first-order chi connectivity index (χ1) is 8.66. The van der Waals surface area contributed by atoms with Crippen LogP contribution in [0.2, 0.25) is 0 Å². The second-order valence-electron chi connectivity index (χ2n) is 5.01. The van der Waals surface area contributed by atoms with Crippen LogP contribution in [0.25, 0.3) is 10.9 Å². The Morgan fingerprint density at radius 2 is 2.06 bits per heavy atom. The predicted molar refractivity (Wildman–Crippen MR) is 79.9 cm³/mol. The monoisotopic (exact) mass is 309 g/mol. The summed E-state index contributed by atoms with van der Waals surface area (Å²) in [4.78, 5) is 0. The zero-order chi connectivity index (χ0) is 13.0. The summed E-state index contributed by atoms with van der Waals surface area (Å²) >= 11 is 3.52. The average Bonchev–Trinajstić information content (AvgIpc) is 2.71. The van der Waals surface area contributed by atoms with E-state index in [-0.39, 0.29) is 0 Å². The van der Waals surface area contributed by atoms with E-state index >= 15 is 0 Å². The molecule has 1 aromatic heterocycles. The van der Waals surface area contributed by atoms with Gasteiger partial charge in [-0.1, -0.05) is 35.8 Å². The maximum Gasteiger partial charge on any atom is 0.0645 e. The lowest BCUT2D eigenvalue weighted by molar-refractivity contribution is 0.117. The number of fused-ring (bicyclic) bond motifs is 1. The third-order valence-electron chi connectivity index (χ3n) is 3.05. The highest BCUT2D eigenvalue weighted by Crippen LogP contribution is 2.20. The first-order valence-electron chi connectivity index (χ1n) is 6.49. The normalized spacial score (nSPS) is 11.6. The van der Waals surface area contributed by atoms with Gasteiger partial charge in [0.05, 0.1) is 6.61 Å². The van der Waals surface area contributed by atoms with Crippen LogP contribution in [0.1, 0.15) is 20.3 Å². The summed E-state index contributed by atoms with van der Waals surface area (Å²) in [5.41, 5.74) is 1.26. The van der Waals surface area contributed by atoms with E-state index in [1.807, 2.05) is 0 Å². The topological polar surface area (TPSA) is 14.2 Å². The fourth-order valence-corrected chi connectivity index (χ4v) is 2.29. The summed E-state index contributed by atoms with van der Waals surface area (Å²) in [7, 11) is 0. The van der Waals surface area contributed by atoms with E-state index in [2.05, 4.69) is 64.8 Å². The molecule has 18 heavy (non-hydrogen) atoms. The molecule has 0 bridgehead atoms. The van der Waals surface area contributed by atoms with Crippen LogP contribution in [-0.4, -0.2) is 17.8 Å². The summed E-state index contributed by atoms with van der Waals surface area (Å²) in [6.07, 6.45) is 3.26. The number of hydrogen-bond donors (Lipinski definition) is 0. The van der Waals surface area contributed by atoms with Gasteiger partial charge in [0, 0.05) is 29.3 Å². The van der Waals surface area contributed by atoms with Crippen LogP contribution >= 0.6 is 15.9 Å². The van der Waals surface area contributed by atoms with Crippen molar-refractivity contribution in [2.45, 2.75) is 26.8 Å². The van der Waals surface area contributed by atoms with Crippen molar-refractivity contribution in [2.75, 3.05) is 13.2 Å². The first kappa shape index (κ1) is 13.6. The van der Waals surface area contributed by atoms with Crippen LogP contribution in [0.5, 0.6) is 0 Å². The molecule has 0 aliphatic heterocycles. The van der Waals surface area contributed by atoms with Crippen molar-refractivity contribution >= 4 is 26.8 Å². The van der Waals surface area contributed by atoms with Crippen molar-refractivity contribution in [1.82, 2.24) is 4.57 Å². The van der Waals surface area contributed by atoms with E-state index in [9.17, 15) is 0 Å². The SMILES string of the molecule is CC(C)CCOCCn1ccc2ccc(Br)cc21. The number of hydrogen-bond acceptors (Lipinski definition) is 1. The molecule has 98 valence electrons. The van der Waals surface area contributed by atoms with Crippen LogP contribution in [0, 0.1) is 5.92 Å². The number of halogens is 1. The van der Waals surface area contributed by atoms with Gasteiger partial charge >= 0.3 is 0 Å². The van der Waals surface area contributed by atoms with Gasteiger partial charge in [0.25, 0.3) is 0 Å². The van der Waals surface area contributed by atoms with Crippen molar-refractivity contribution in [3.05, 3.63) is 34.9 Å². The molecule has 2 rings (SSSR count). The van der Waals surface area contributed by atoms with Gasteiger partial charge in [-0.15, -0.1) is 0 Å². The fourth-order valence-electron chi connectivity index (χ4n) is 1.94. The Morgan fingerprint density at radius 3 is 2.83 bits per heavy atom. The summed E-state index contributed by atoms with van der Waals surface area (Å²) in [6.45, 7) is 7.00. The molecule has 0 saturated carbocycles. The lowest BCUT2D eigenvalue weighted by atomic mass is 10.1. The van der Waals surface area contributed by atoms with E-state index in [4.69, 9.17) is 4.74 Å². The molecule has 2 aromatic rings. The fraction of sp³-hybridized carbons (Fsp3) is 0.467. The molecule has 1 aromatic carbocycles. The molecular weight excluding hydrogens is 290 g/mol. The molecule has 0 fully saturated rings. The third kappa shape index (κ3) is 3.59. The zero-order valence-corrected chi connectivity index (χ0v) is 12.6. The standard InChI is InChI=1S/C15H20BrNO/c1-12(2)6-9-18-10-8-17-7-5-13-3-4-14(16)11-15(13)17/h3-5,7,11-12H,6,8-10H2,1-2H3. The average molecular weight is 310 g/mol. The maximum atomic E-state index is 5.66. The second-order valence-corrected chi connectivity index (χ2v) is 5.92. The number of aromatic nitrogens is 1. The first-order valence-corrected chi connectivity index (χ1v) is 7.28. The molecule has 3 heteroatoms. The largest absolute Gasteiger partial charge is 0.380 e. The number of rotatable bonds is 6. The van der Waals surface area contributed by atoms with Gasteiger partial charge in [-0.05, 0) is 35.9 Å². The van der Waals surface area contributed by atoms with E-state index < -0.39 is 0 Å². The van der Waals surface area contributed by atoms with Crippen molar-refractivity contribution in [3.8, 4) is 0 Å². The molecule has 0 amide bonds. The molecule has 0 atom stereocenters. The van der Waals surface area contributed by atoms with Crippen molar-refractivity contribution in [1.29, 1.82) is 0 Å². The van der Waals surface area contributed by atoms with E-state index in [0.717, 1.165) is 30.7 Å². The molecule has 0 aliphatic carbocycles. The van der Waals surface area contributed by atoms with Gasteiger partial charge in [0.1, 0.15) is 0 Å². The highest BCUT2D eigenvalue weighted by atomic mass is 79.9. The summed E-state index contributed by atoms with van der Waals surface area (Å²) in [6, 6.07) is 8.51. The predicted octanol–water partition coefficient (Wildman–Crippen LogP) is 4.47. The molecule has 2 nitrogen and oxygen atoms in total. The van der Waals surface area contributed by atoms with Crippen LogP contribution in [0.15, 0.2) is 34.9 Å². The van der Waals surface area contributed by atoms with E-state index in [1.54, 1.807) is 0 Å². The van der Waals surface area contributed by atoms with Gasteiger partial charge in [-0.25, -0.2) is 0 Å². The second kappa shape index (κ2) is 6.39. The van der Waals surface area contributed by atoms with Crippen molar-refractivity contribution in [2.24, 2.45) is 5.92 Å². The van der Waals surface area contributed by atoms with Crippen LogP contribution in [0.4, 0.5) is 0 Å². The Kier molecular flexibility index (Phi) is 4.84. The maximum absolute atomic E-state index is 5.66. The zero-order valence-electron chi connectivity index (χ0n) is 11.0. The van der Waals surface area contributed by atoms with Crippen LogP contribution in [-0.2, 0) is 11.3 Å². The Hall–Kier alpha value is -0.800. The Balaban J connectivity index is 1.89. The minimum Gasteiger partial charge on any atom is -0.380 e. The highest BCUT2D eigenvalue weighted by molar-refractivity contribution is 9.10. The Bertz CT molecular complexity index is 504. The molecule has 0 radical (unpaired) electrons. The van der Waals surface area contributed by atoms with E-state index in [1.165, 1.54) is 10.9 Å². The lowest BCUT2D eigenvalue weighted by Crippen LogP contribution is -2.07. The Labute approximate surface area is 117 Å². The van der Waals surface area contributed by atoms with Crippen LogP contribution in [0.3, 0.4) is 0 Å². The molecule has 0 saturated heterocycles. The van der Waals surface area contributed by atoms with E-state index in [0.29, 0.717) is 5.92 Å². The minimum absolute atomic E-state index is 0.716. The number of ether oxygens (including phenoxy) is 1. The number of nitrogens with zero attached hydrogens (tertiary/aromatic N) is 1. The van der Waals surface area contributed by atoms with Crippen molar-refractivity contribution < 1.29 is 4.74 Å². The molecular formula is C15H20BrNO. The summed E-state index contributed by atoms with van der Waals surface area (Å²) in [5, 5.41) is 1.28. The highest BCUT2D eigenvalue weighted by Gasteiger charge is 2.01. The van der Waals surface area contributed by atoms with Gasteiger partial charge in [-0.2, -0.15) is 0 Å². The van der Waals surface area contributed by atoms with Gasteiger partial charge in [0.2, 0.25) is 0 Å². The van der Waals surface area contributed by atoms with Gasteiger partial charge in [-0.3, -0.25) is 0 Å². The van der Waals surface area contributed by atoms with Gasteiger partial charge in [0.15, 0.2) is 0 Å². The molecule has 1 heterocycles. The summed E-state index contributed by atoms with van der Waals surface area (Å²) in [5.74, 6) is 0.716. The summed E-state index contributed by atoms with van der Waals surface area (Å²) < 4.78 is 9.03. The number of benzene rings is 1. The smallest absolute Gasteiger partial charge is 0.0645 e. The molecule has 0 N–H and O–H groups in total. The van der Waals surface area contributed by atoms with Crippen LogP contribution < -0.4 is 0 Å².